The summed E-state index contributed by atoms with van der Waals surface area (Å²) in [5.41, 5.74) is 1.59. The molecular weight excluding hydrogens is 306 g/mol. The first kappa shape index (κ1) is 14.4. The fourth-order valence-electron chi connectivity index (χ4n) is 3.75. The molecule has 1 aliphatic heterocycles. The fourth-order valence-corrected chi connectivity index (χ4v) is 3.75. The predicted octanol–water partition coefficient (Wildman–Crippen LogP) is 2.71. The van der Waals surface area contributed by atoms with Crippen molar-refractivity contribution < 1.29 is 9.72 Å². The number of likely N-dealkylation sites (N-methyl/N-ethyl adjacent to an activating group) is 1. The lowest BCUT2D eigenvalue weighted by Crippen LogP contribution is -2.44. The Morgan fingerprint density at radius 3 is 2.62 bits per heavy atom. The van der Waals surface area contributed by atoms with E-state index in [9.17, 15) is 14.9 Å². The molecule has 0 radical (unpaired) electrons. The molecule has 0 unspecified atom stereocenters. The normalized spacial score (nSPS) is 19.7. The molecule has 1 N–H and O–H groups in total. The second-order valence-electron chi connectivity index (χ2n) is 6.03. The van der Waals surface area contributed by atoms with E-state index in [0.717, 1.165) is 16.6 Å². The van der Waals surface area contributed by atoms with E-state index in [2.05, 4.69) is 4.98 Å². The van der Waals surface area contributed by atoms with Gasteiger partial charge in [-0.3, -0.25) is 14.9 Å². The molecule has 1 amide bonds. The molecule has 120 valence electrons. The van der Waals surface area contributed by atoms with E-state index in [1.165, 1.54) is 4.90 Å². The third-order valence-electron chi connectivity index (χ3n) is 4.81. The van der Waals surface area contributed by atoms with Crippen LogP contribution in [-0.2, 0) is 10.2 Å². The SMILES string of the molecule is CN1C(=O)[C@@](C[N+](=O)[O-])(c2c[nH]c3ccccc23)c2ccccc21. The predicted molar refractivity (Wildman–Crippen MR) is 90.8 cm³/mol. The number of fused-ring (bicyclic) bond motifs is 2. The molecule has 1 atom stereocenters. The maximum Gasteiger partial charge on any atom is 0.248 e. The molecule has 0 saturated heterocycles. The van der Waals surface area contributed by atoms with Crippen LogP contribution in [0.5, 0.6) is 0 Å². The van der Waals surface area contributed by atoms with Crippen molar-refractivity contribution in [1.29, 1.82) is 0 Å². The van der Waals surface area contributed by atoms with E-state index in [0.29, 0.717) is 11.1 Å². The van der Waals surface area contributed by atoms with Crippen molar-refractivity contribution in [3.8, 4) is 0 Å². The van der Waals surface area contributed by atoms with E-state index in [1.54, 1.807) is 13.2 Å². The van der Waals surface area contributed by atoms with Crippen LogP contribution < -0.4 is 4.90 Å². The van der Waals surface area contributed by atoms with Crippen molar-refractivity contribution in [2.24, 2.45) is 0 Å². The van der Waals surface area contributed by atoms with Gasteiger partial charge in [-0.25, -0.2) is 0 Å². The molecule has 0 spiro atoms. The molecule has 0 aliphatic carbocycles. The van der Waals surface area contributed by atoms with E-state index in [1.807, 2.05) is 48.5 Å². The van der Waals surface area contributed by atoms with Gasteiger partial charge in [-0.15, -0.1) is 0 Å². The first-order chi connectivity index (χ1) is 11.6. The highest BCUT2D eigenvalue weighted by molar-refractivity contribution is 6.12. The minimum atomic E-state index is -1.31. The first-order valence-electron chi connectivity index (χ1n) is 7.62. The first-order valence-corrected chi connectivity index (χ1v) is 7.62. The number of nitro groups is 1. The molecule has 0 fully saturated rings. The van der Waals surface area contributed by atoms with Crippen molar-refractivity contribution in [1.82, 2.24) is 4.98 Å². The lowest BCUT2D eigenvalue weighted by Gasteiger charge is -2.24. The van der Waals surface area contributed by atoms with Gasteiger partial charge in [0, 0.05) is 45.9 Å². The highest BCUT2D eigenvalue weighted by atomic mass is 16.6. The molecule has 2 heterocycles. The molecule has 6 heteroatoms. The van der Waals surface area contributed by atoms with E-state index >= 15 is 0 Å². The van der Waals surface area contributed by atoms with Crippen LogP contribution in [0.15, 0.2) is 54.7 Å². The number of amides is 1. The summed E-state index contributed by atoms with van der Waals surface area (Å²) in [6.07, 6.45) is 1.72. The molecule has 6 nitrogen and oxygen atoms in total. The number of aromatic amines is 1. The highest BCUT2D eigenvalue weighted by Gasteiger charge is 2.55. The van der Waals surface area contributed by atoms with Gasteiger partial charge in [-0.1, -0.05) is 36.4 Å². The molecule has 0 saturated carbocycles. The number of hydrogen-bond donors (Lipinski definition) is 1. The summed E-state index contributed by atoms with van der Waals surface area (Å²) in [7, 11) is 1.66. The van der Waals surface area contributed by atoms with Crippen LogP contribution in [0, 0.1) is 10.1 Å². The molecule has 1 aromatic heterocycles. The number of aromatic nitrogens is 1. The molecule has 0 bridgehead atoms. The Balaban J connectivity index is 2.08. The van der Waals surface area contributed by atoms with Crippen molar-refractivity contribution >= 4 is 22.5 Å². The Hall–Kier alpha value is -3.15. The largest absolute Gasteiger partial charge is 0.361 e. The second-order valence-corrected chi connectivity index (χ2v) is 6.03. The van der Waals surface area contributed by atoms with Crippen LogP contribution in [-0.4, -0.2) is 29.4 Å². The van der Waals surface area contributed by atoms with Gasteiger partial charge >= 0.3 is 0 Å². The molecule has 1 aliphatic rings. The summed E-state index contributed by atoms with van der Waals surface area (Å²) in [5.74, 6) is -0.273. The summed E-state index contributed by atoms with van der Waals surface area (Å²) < 4.78 is 0. The van der Waals surface area contributed by atoms with Crippen LogP contribution >= 0.6 is 0 Å². The summed E-state index contributed by atoms with van der Waals surface area (Å²) in [6.45, 7) is -0.477. The number of hydrogen-bond acceptors (Lipinski definition) is 3. The second kappa shape index (κ2) is 4.92. The summed E-state index contributed by atoms with van der Waals surface area (Å²) in [4.78, 5) is 28.9. The standard InChI is InChI=1S/C18H15N3O3/c1-20-16-9-5-3-7-13(16)18(17(20)22,11-21(23)24)14-10-19-15-8-4-2-6-12(14)15/h2-10,19H,11H2,1H3/t18-/m1/s1. The lowest BCUT2D eigenvalue weighted by molar-refractivity contribution is -0.486. The smallest absolute Gasteiger partial charge is 0.248 e. The number of anilines is 1. The topological polar surface area (TPSA) is 79.2 Å². The molecule has 2 aromatic carbocycles. The van der Waals surface area contributed by atoms with E-state index in [-0.39, 0.29) is 5.91 Å². The molecule has 3 aromatic rings. The zero-order chi connectivity index (χ0) is 16.9. The summed E-state index contributed by atoms with van der Waals surface area (Å²) in [5, 5.41) is 12.3. The monoisotopic (exact) mass is 321 g/mol. The fraction of sp³-hybridized carbons (Fsp3) is 0.167. The molecule has 4 rings (SSSR count). The number of H-pyrrole nitrogens is 1. The van der Waals surface area contributed by atoms with Gasteiger partial charge in [-0.2, -0.15) is 0 Å². The maximum atomic E-state index is 13.2. The van der Waals surface area contributed by atoms with Gasteiger partial charge in [-0.05, 0) is 12.1 Å². The van der Waals surface area contributed by atoms with Crippen LogP contribution in [0.2, 0.25) is 0 Å². The lowest BCUT2D eigenvalue weighted by atomic mass is 9.75. The average molecular weight is 321 g/mol. The van der Waals surface area contributed by atoms with Gasteiger partial charge in [0.2, 0.25) is 12.5 Å². The number of nitrogens with zero attached hydrogens (tertiary/aromatic N) is 2. The van der Waals surface area contributed by atoms with Crippen LogP contribution in [0.25, 0.3) is 10.9 Å². The number of carbonyl (C=O) groups is 1. The number of para-hydroxylation sites is 2. The number of carbonyl (C=O) groups excluding carboxylic acids is 1. The van der Waals surface area contributed by atoms with Crippen molar-refractivity contribution in [3.05, 3.63) is 76.0 Å². The van der Waals surface area contributed by atoms with Gasteiger partial charge < -0.3 is 9.88 Å². The number of benzene rings is 2. The van der Waals surface area contributed by atoms with Gasteiger partial charge in [0.25, 0.3) is 0 Å². The van der Waals surface area contributed by atoms with Crippen LogP contribution in [0.4, 0.5) is 5.69 Å². The minimum Gasteiger partial charge on any atom is -0.361 e. The van der Waals surface area contributed by atoms with E-state index < -0.39 is 16.9 Å². The van der Waals surface area contributed by atoms with Crippen LogP contribution in [0.1, 0.15) is 11.1 Å². The highest BCUT2D eigenvalue weighted by Crippen LogP contribution is 2.47. The Kier molecular flexibility index (Phi) is 2.96. The maximum absolute atomic E-state index is 13.2. The third-order valence-corrected chi connectivity index (χ3v) is 4.81. The summed E-state index contributed by atoms with van der Waals surface area (Å²) in [6, 6.07) is 14.8. The minimum absolute atomic E-state index is 0.273. The van der Waals surface area contributed by atoms with E-state index in [4.69, 9.17) is 0 Å². The van der Waals surface area contributed by atoms with Crippen LogP contribution in [0.3, 0.4) is 0 Å². The molecular formula is C18H15N3O3. The quantitative estimate of drug-likeness (QED) is 0.595. The zero-order valence-corrected chi connectivity index (χ0v) is 13.0. The summed E-state index contributed by atoms with van der Waals surface area (Å²) >= 11 is 0. The van der Waals surface area contributed by atoms with Gasteiger partial charge in [0.05, 0.1) is 0 Å². The third kappa shape index (κ3) is 1.73. The van der Waals surface area contributed by atoms with Gasteiger partial charge in [0.1, 0.15) is 0 Å². The Bertz CT molecular complexity index is 978. The number of rotatable bonds is 3. The van der Waals surface area contributed by atoms with Crippen molar-refractivity contribution in [2.45, 2.75) is 5.41 Å². The Labute approximate surface area is 137 Å². The van der Waals surface area contributed by atoms with Crippen molar-refractivity contribution in [3.63, 3.8) is 0 Å². The zero-order valence-electron chi connectivity index (χ0n) is 13.0. The Morgan fingerprint density at radius 1 is 1.12 bits per heavy atom. The Morgan fingerprint density at radius 2 is 1.83 bits per heavy atom. The molecule has 24 heavy (non-hydrogen) atoms. The average Bonchev–Trinajstić information content (AvgIpc) is 3.10. The van der Waals surface area contributed by atoms with Gasteiger partial charge in [0.15, 0.2) is 5.41 Å². The number of nitrogens with one attached hydrogen (secondary N) is 1. The van der Waals surface area contributed by atoms with Crippen molar-refractivity contribution in [2.75, 3.05) is 18.5 Å².